The third-order valence-corrected chi connectivity index (χ3v) is 7.35. The molecule has 0 unspecified atom stereocenters. The number of hydrogen-bond donors (Lipinski definition) is 0. The van der Waals surface area contributed by atoms with Crippen molar-refractivity contribution in [3.8, 4) is 11.5 Å². The van der Waals surface area contributed by atoms with Gasteiger partial charge < -0.3 is 14.4 Å². The molecule has 158 valence electrons. The molecule has 0 N–H and O–H groups in total. The number of carbonyl (C=O) groups excluding carboxylic acids is 2. The van der Waals surface area contributed by atoms with Gasteiger partial charge in [-0.1, -0.05) is 12.1 Å². The topological polar surface area (TPSA) is 93.2 Å². The molecule has 1 fully saturated rings. The van der Waals surface area contributed by atoms with Crippen molar-refractivity contribution < 1.29 is 27.5 Å². The minimum Gasteiger partial charge on any atom is -0.497 e. The van der Waals surface area contributed by atoms with Gasteiger partial charge in [0, 0.05) is 12.1 Å². The van der Waals surface area contributed by atoms with Crippen molar-refractivity contribution in [1.82, 2.24) is 9.21 Å². The fourth-order valence-electron chi connectivity index (χ4n) is 4.09. The van der Waals surface area contributed by atoms with Crippen LogP contribution in [0.2, 0.25) is 0 Å². The van der Waals surface area contributed by atoms with Gasteiger partial charge in [0.05, 0.1) is 25.8 Å². The Morgan fingerprint density at radius 2 is 1.90 bits per heavy atom. The number of sulfonamides is 1. The summed E-state index contributed by atoms with van der Waals surface area (Å²) in [6.45, 7) is -0.0580. The number of amides is 2. The van der Waals surface area contributed by atoms with Crippen molar-refractivity contribution >= 4 is 21.8 Å². The third kappa shape index (κ3) is 3.19. The van der Waals surface area contributed by atoms with E-state index in [9.17, 15) is 18.0 Å². The molecule has 2 aromatic carbocycles. The molecular formula is C21H22N2O6S. The van der Waals surface area contributed by atoms with E-state index in [0.717, 1.165) is 12.0 Å². The molecule has 4 rings (SSSR count). The molecule has 0 saturated carbocycles. The molecule has 0 radical (unpaired) electrons. The highest BCUT2D eigenvalue weighted by Gasteiger charge is 2.43. The van der Waals surface area contributed by atoms with Gasteiger partial charge in [-0.25, -0.2) is 12.7 Å². The minimum atomic E-state index is -4.03. The first-order valence-electron chi connectivity index (χ1n) is 9.56. The van der Waals surface area contributed by atoms with Crippen LogP contribution in [0.3, 0.4) is 0 Å². The van der Waals surface area contributed by atoms with Crippen molar-refractivity contribution in [2.75, 3.05) is 27.3 Å². The summed E-state index contributed by atoms with van der Waals surface area (Å²) in [5, 5.41) is 0. The monoisotopic (exact) mass is 430 g/mol. The van der Waals surface area contributed by atoms with E-state index < -0.39 is 28.4 Å². The van der Waals surface area contributed by atoms with Gasteiger partial charge in [-0.2, -0.15) is 0 Å². The van der Waals surface area contributed by atoms with Gasteiger partial charge >= 0.3 is 0 Å². The zero-order valence-electron chi connectivity index (χ0n) is 16.7. The van der Waals surface area contributed by atoms with E-state index in [1.54, 1.807) is 43.4 Å². The molecule has 1 saturated heterocycles. The van der Waals surface area contributed by atoms with Crippen LogP contribution < -0.4 is 9.47 Å². The maximum absolute atomic E-state index is 13.1. The SMILES string of the molecule is COc1ccc(OC)c([C@@H]2CCCN2C(=O)CN2C(=O)c3ccccc3S2(=O)=O)c1. The van der Waals surface area contributed by atoms with Crippen molar-refractivity contribution in [2.45, 2.75) is 23.8 Å². The molecule has 30 heavy (non-hydrogen) atoms. The molecule has 8 nitrogen and oxygen atoms in total. The lowest BCUT2D eigenvalue weighted by Gasteiger charge is -2.28. The summed E-state index contributed by atoms with van der Waals surface area (Å²) in [5.74, 6) is 0.163. The Labute approximate surface area is 175 Å². The molecular weight excluding hydrogens is 408 g/mol. The van der Waals surface area contributed by atoms with Gasteiger partial charge in [0.2, 0.25) is 5.91 Å². The Bertz CT molecular complexity index is 1110. The van der Waals surface area contributed by atoms with Gasteiger partial charge in [-0.3, -0.25) is 9.59 Å². The van der Waals surface area contributed by atoms with Gasteiger partial charge in [0.1, 0.15) is 22.9 Å². The number of ether oxygens (including phenoxy) is 2. The molecule has 2 amide bonds. The van der Waals surface area contributed by atoms with E-state index in [1.165, 1.54) is 12.1 Å². The van der Waals surface area contributed by atoms with E-state index in [4.69, 9.17) is 9.47 Å². The van der Waals surface area contributed by atoms with Crippen LogP contribution in [0.25, 0.3) is 0 Å². The molecule has 2 heterocycles. The van der Waals surface area contributed by atoms with Gasteiger partial charge in [-0.15, -0.1) is 0 Å². The Morgan fingerprint density at radius 1 is 1.13 bits per heavy atom. The largest absolute Gasteiger partial charge is 0.497 e. The van der Waals surface area contributed by atoms with E-state index in [2.05, 4.69) is 0 Å². The zero-order valence-corrected chi connectivity index (χ0v) is 17.5. The average molecular weight is 430 g/mol. The lowest BCUT2D eigenvalue weighted by atomic mass is 10.0. The minimum absolute atomic E-state index is 0.0600. The summed E-state index contributed by atoms with van der Waals surface area (Å²) in [6.07, 6.45) is 1.47. The summed E-state index contributed by atoms with van der Waals surface area (Å²) >= 11 is 0. The highest BCUT2D eigenvalue weighted by Crippen LogP contribution is 2.39. The van der Waals surface area contributed by atoms with E-state index >= 15 is 0 Å². The zero-order chi connectivity index (χ0) is 21.5. The van der Waals surface area contributed by atoms with Gasteiger partial charge in [0.15, 0.2) is 0 Å². The molecule has 2 aromatic rings. The number of methoxy groups -OCH3 is 2. The summed E-state index contributed by atoms with van der Waals surface area (Å²) in [4.78, 5) is 27.3. The van der Waals surface area contributed by atoms with Crippen LogP contribution in [0.1, 0.15) is 34.8 Å². The number of fused-ring (bicyclic) bond motifs is 1. The lowest BCUT2D eigenvalue weighted by molar-refractivity contribution is -0.132. The second kappa shape index (κ2) is 7.64. The number of carbonyl (C=O) groups is 2. The smallest absolute Gasteiger partial charge is 0.269 e. The summed E-state index contributed by atoms with van der Waals surface area (Å²) in [7, 11) is -0.919. The van der Waals surface area contributed by atoms with Crippen LogP contribution in [0, 0.1) is 0 Å². The Morgan fingerprint density at radius 3 is 2.60 bits per heavy atom. The maximum atomic E-state index is 13.1. The molecule has 2 aliphatic rings. The number of likely N-dealkylation sites (tertiary alicyclic amines) is 1. The molecule has 1 atom stereocenters. The first kappa shape index (κ1) is 20.2. The second-order valence-electron chi connectivity index (χ2n) is 7.17. The van der Waals surface area contributed by atoms with E-state index in [-0.39, 0.29) is 16.5 Å². The fourth-order valence-corrected chi connectivity index (χ4v) is 5.61. The number of rotatable bonds is 5. The molecule has 2 aliphatic heterocycles. The predicted molar refractivity (Wildman–Crippen MR) is 108 cm³/mol. The maximum Gasteiger partial charge on any atom is 0.269 e. The Kier molecular flexibility index (Phi) is 5.15. The quantitative estimate of drug-likeness (QED) is 0.722. The molecule has 0 aromatic heterocycles. The van der Waals surface area contributed by atoms with Crippen LogP contribution in [0.5, 0.6) is 11.5 Å². The van der Waals surface area contributed by atoms with Crippen molar-refractivity contribution in [3.63, 3.8) is 0 Å². The molecule has 0 bridgehead atoms. The van der Waals surface area contributed by atoms with Crippen molar-refractivity contribution in [3.05, 3.63) is 53.6 Å². The Balaban J connectivity index is 1.61. The van der Waals surface area contributed by atoms with Crippen LogP contribution in [0.15, 0.2) is 47.4 Å². The third-order valence-electron chi connectivity index (χ3n) is 5.56. The van der Waals surface area contributed by atoms with Gasteiger partial charge in [0.25, 0.3) is 15.9 Å². The standard InChI is InChI=1S/C21H22N2O6S/c1-28-14-9-10-18(29-2)16(12-14)17-7-5-11-22(17)20(24)13-23-21(25)15-6-3-4-8-19(15)30(23,26)27/h3-4,6,8-10,12,17H,5,7,11,13H2,1-2H3/t17-/m0/s1. The van der Waals surface area contributed by atoms with Crippen molar-refractivity contribution in [2.24, 2.45) is 0 Å². The van der Waals surface area contributed by atoms with Crippen molar-refractivity contribution in [1.29, 1.82) is 0 Å². The van der Waals surface area contributed by atoms with Crippen LogP contribution >= 0.6 is 0 Å². The molecule has 0 spiro atoms. The summed E-state index contributed by atoms with van der Waals surface area (Å²) < 4.78 is 37.0. The first-order chi connectivity index (χ1) is 14.4. The number of nitrogens with zero attached hydrogens (tertiary/aromatic N) is 2. The Hall–Kier alpha value is -3.07. The number of hydrogen-bond acceptors (Lipinski definition) is 6. The highest BCUT2D eigenvalue weighted by molar-refractivity contribution is 7.90. The first-order valence-corrected chi connectivity index (χ1v) is 11.0. The molecule has 9 heteroatoms. The average Bonchev–Trinajstić information content (AvgIpc) is 3.32. The second-order valence-corrected chi connectivity index (χ2v) is 9.00. The van der Waals surface area contributed by atoms with Crippen LogP contribution in [0.4, 0.5) is 0 Å². The predicted octanol–water partition coefficient (Wildman–Crippen LogP) is 2.21. The molecule has 0 aliphatic carbocycles. The number of benzene rings is 2. The highest BCUT2D eigenvalue weighted by atomic mass is 32.2. The normalized spacial score (nSPS) is 19.7. The summed E-state index contributed by atoms with van der Waals surface area (Å²) in [6, 6.07) is 11.1. The summed E-state index contributed by atoms with van der Waals surface area (Å²) in [5.41, 5.74) is 0.888. The fraction of sp³-hybridized carbons (Fsp3) is 0.333. The van der Waals surface area contributed by atoms with E-state index in [1.807, 2.05) is 6.07 Å². The van der Waals surface area contributed by atoms with Gasteiger partial charge in [-0.05, 0) is 43.2 Å². The van der Waals surface area contributed by atoms with Crippen LogP contribution in [-0.2, 0) is 14.8 Å². The van der Waals surface area contributed by atoms with E-state index in [0.29, 0.717) is 28.8 Å². The lowest BCUT2D eigenvalue weighted by Crippen LogP contribution is -2.42. The van der Waals surface area contributed by atoms with Crippen LogP contribution in [-0.4, -0.2) is 56.7 Å².